The van der Waals surface area contributed by atoms with Crippen molar-refractivity contribution in [1.29, 1.82) is 0 Å². The lowest BCUT2D eigenvalue weighted by Gasteiger charge is -2.29. The Morgan fingerprint density at radius 1 is 0.885 bits per heavy atom. The van der Waals surface area contributed by atoms with E-state index in [-0.39, 0.29) is 40.9 Å². The summed E-state index contributed by atoms with van der Waals surface area (Å²) >= 11 is 5.97. The van der Waals surface area contributed by atoms with E-state index in [1.165, 1.54) is 5.56 Å². The number of aliphatic hydroxyl groups is 4. The molecular weight excluding hydrogens is 688 g/mol. The summed E-state index contributed by atoms with van der Waals surface area (Å²) in [6.45, 7) is 6.51. The normalized spacial score (nSPS) is 13.8. The molecule has 0 spiro atoms. The summed E-state index contributed by atoms with van der Waals surface area (Å²) in [4.78, 5) is 35.7. The van der Waals surface area contributed by atoms with E-state index in [0.717, 1.165) is 36.8 Å². The molecule has 0 aliphatic carbocycles. The molecular formula is C37H55ClN8O6. The van der Waals surface area contributed by atoms with Gasteiger partial charge in [-0.2, -0.15) is 0 Å². The first kappa shape index (κ1) is 42.5. The number of halogens is 1. The van der Waals surface area contributed by atoms with Crippen LogP contribution in [0.5, 0.6) is 0 Å². The number of aromatic nitrogens is 2. The number of rotatable bonds is 23. The number of hydrogen-bond acceptors (Lipinski definition) is 12. The molecule has 14 nitrogen and oxygen atoms in total. The molecule has 286 valence electrons. The average molecular weight is 743 g/mol. The van der Waals surface area contributed by atoms with Gasteiger partial charge in [0.2, 0.25) is 0 Å². The number of anilines is 2. The van der Waals surface area contributed by atoms with Gasteiger partial charge in [-0.15, -0.1) is 0 Å². The summed E-state index contributed by atoms with van der Waals surface area (Å²) in [5, 5.41) is 48.5. The molecule has 0 fully saturated rings. The predicted molar refractivity (Wildman–Crippen MR) is 203 cm³/mol. The average Bonchev–Trinajstić information content (AvgIpc) is 3.13. The van der Waals surface area contributed by atoms with E-state index in [4.69, 9.17) is 28.2 Å². The van der Waals surface area contributed by atoms with Gasteiger partial charge in [-0.1, -0.05) is 74.2 Å². The summed E-state index contributed by atoms with van der Waals surface area (Å²) in [5.74, 6) is -0.858. The van der Waals surface area contributed by atoms with E-state index in [1.807, 2.05) is 29.2 Å². The topological polar surface area (TPSA) is 232 Å². The molecule has 15 heteroatoms. The van der Waals surface area contributed by atoms with E-state index in [2.05, 4.69) is 51.9 Å². The molecule has 2 aromatic carbocycles. The second-order valence-corrected chi connectivity index (χ2v) is 13.5. The second-order valence-electron chi connectivity index (χ2n) is 13.1. The Morgan fingerprint density at radius 3 is 2.31 bits per heavy atom. The van der Waals surface area contributed by atoms with Crippen LogP contribution in [0.1, 0.15) is 70.1 Å². The van der Waals surface area contributed by atoms with Gasteiger partial charge in [-0.3, -0.25) is 14.5 Å². The van der Waals surface area contributed by atoms with E-state index >= 15 is 0 Å². The smallest absolute Gasteiger partial charge is 0.273 e. The van der Waals surface area contributed by atoms with Crippen LogP contribution in [0.25, 0.3) is 0 Å². The van der Waals surface area contributed by atoms with Crippen molar-refractivity contribution in [3.05, 3.63) is 81.6 Å². The number of aliphatic hydroxyl groups excluding tert-OH is 4. The molecule has 1 aromatic heterocycles. The molecule has 0 aliphatic rings. The minimum absolute atomic E-state index is 0.0175. The number of unbranched alkanes of at least 4 members (excludes halogenated alkanes) is 3. The molecule has 4 atom stereocenters. The predicted octanol–water partition coefficient (Wildman–Crippen LogP) is 1.67. The molecule has 11 N–H and O–H groups in total. The second kappa shape index (κ2) is 22.2. The summed E-state index contributed by atoms with van der Waals surface area (Å²) in [6, 6.07) is 15.4. The van der Waals surface area contributed by atoms with Gasteiger partial charge in [-0.05, 0) is 61.1 Å². The molecule has 52 heavy (non-hydrogen) atoms. The zero-order valence-electron chi connectivity index (χ0n) is 30.1. The highest BCUT2D eigenvalue weighted by Gasteiger charge is 2.26. The Morgan fingerprint density at radius 2 is 1.62 bits per heavy atom. The van der Waals surface area contributed by atoms with Crippen LogP contribution < -0.4 is 27.4 Å². The van der Waals surface area contributed by atoms with Crippen molar-refractivity contribution >= 4 is 35.1 Å². The van der Waals surface area contributed by atoms with Crippen LogP contribution in [0, 0.1) is 12.8 Å². The molecule has 0 radical (unpaired) electrons. The maximum Gasteiger partial charge on any atom is 0.273 e. The Balaban J connectivity index is 1.53. The third kappa shape index (κ3) is 13.9. The molecule has 0 aliphatic heterocycles. The minimum Gasteiger partial charge on any atom is -0.394 e. The van der Waals surface area contributed by atoms with Crippen molar-refractivity contribution in [2.75, 3.05) is 57.3 Å². The maximum absolute atomic E-state index is 12.9. The number of carbonyl (C=O) groups excluding carboxylic acids is 2. The fourth-order valence-corrected chi connectivity index (χ4v) is 5.84. The number of hydrogen-bond donors (Lipinski definition) is 9. The van der Waals surface area contributed by atoms with Crippen molar-refractivity contribution in [2.45, 2.75) is 70.8 Å². The quantitative estimate of drug-likeness (QED) is 0.0632. The van der Waals surface area contributed by atoms with Crippen molar-refractivity contribution < 1.29 is 30.0 Å². The largest absolute Gasteiger partial charge is 0.394 e. The summed E-state index contributed by atoms with van der Waals surface area (Å²) in [5.41, 5.74) is 15.2. The number of aryl methyl sites for hydroxylation is 1. The van der Waals surface area contributed by atoms with Crippen LogP contribution in [0.3, 0.4) is 0 Å². The Kier molecular flexibility index (Phi) is 18.2. The molecule has 0 saturated carbocycles. The molecule has 3 aromatic rings. The van der Waals surface area contributed by atoms with Gasteiger partial charge < -0.3 is 47.8 Å². The van der Waals surface area contributed by atoms with Crippen LogP contribution in [-0.2, 0) is 13.0 Å². The van der Waals surface area contributed by atoms with Crippen molar-refractivity contribution in [3.63, 3.8) is 0 Å². The lowest BCUT2D eigenvalue weighted by molar-refractivity contribution is -0.0840. The first-order chi connectivity index (χ1) is 24.9. The van der Waals surface area contributed by atoms with Gasteiger partial charge in [0, 0.05) is 44.8 Å². The van der Waals surface area contributed by atoms with Gasteiger partial charge in [0.25, 0.3) is 11.8 Å². The first-order valence-corrected chi connectivity index (χ1v) is 18.2. The fourth-order valence-electron chi connectivity index (χ4n) is 5.71. The first-order valence-electron chi connectivity index (χ1n) is 17.8. The number of nitrogen functional groups attached to an aromatic ring is 2. The van der Waals surface area contributed by atoms with Crippen molar-refractivity contribution in [2.24, 2.45) is 5.92 Å². The zero-order chi connectivity index (χ0) is 38.0. The molecule has 0 unspecified atom stereocenters. The number of nitrogens with zero attached hydrogens (tertiary/aromatic N) is 3. The number of amides is 2. The highest BCUT2D eigenvalue weighted by atomic mass is 35.5. The minimum atomic E-state index is -1.47. The molecule has 3 rings (SSSR count). The number of nitrogens with two attached hydrogens (primary N) is 2. The third-order valence-electron chi connectivity index (χ3n) is 8.88. The van der Waals surface area contributed by atoms with Gasteiger partial charge in [0.1, 0.15) is 12.2 Å². The Labute approximate surface area is 311 Å². The highest BCUT2D eigenvalue weighted by molar-refractivity contribution is 6.31. The van der Waals surface area contributed by atoms with Gasteiger partial charge in [0.15, 0.2) is 22.5 Å². The molecule has 1 heterocycles. The third-order valence-corrected chi connectivity index (χ3v) is 9.16. The van der Waals surface area contributed by atoms with Gasteiger partial charge in [-0.25, -0.2) is 9.97 Å². The summed E-state index contributed by atoms with van der Waals surface area (Å²) < 4.78 is 0. The lowest BCUT2D eigenvalue weighted by atomic mass is 9.95. The Bertz CT molecular complexity index is 1550. The maximum atomic E-state index is 12.9. The molecule has 2 amide bonds. The van der Waals surface area contributed by atoms with Gasteiger partial charge >= 0.3 is 0 Å². The van der Waals surface area contributed by atoms with E-state index in [9.17, 15) is 24.9 Å². The SMILES string of the molecule is CCCCCCN(CCNC(=O)c1ccc(CNC[C@H](CNC(=O)c2nc(Cl)c(N)nc2N)Cc2ccccc2C)cc1)C[C@H](O)[C@@H](O)[C@H](O)CO. The van der Waals surface area contributed by atoms with Crippen LogP contribution in [0.4, 0.5) is 11.6 Å². The summed E-state index contributed by atoms with van der Waals surface area (Å²) in [7, 11) is 0. The van der Waals surface area contributed by atoms with E-state index in [1.54, 1.807) is 12.1 Å². The zero-order valence-corrected chi connectivity index (χ0v) is 30.9. The molecule has 0 bridgehead atoms. The van der Waals surface area contributed by atoms with E-state index < -0.39 is 30.8 Å². The van der Waals surface area contributed by atoms with Crippen LogP contribution in [-0.4, -0.2) is 111 Å². The monoisotopic (exact) mass is 742 g/mol. The van der Waals surface area contributed by atoms with Crippen molar-refractivity contribution in [3.8, 4) is 0 Å². The fraction of sp³-hybridized carbons (Fsp3) is 0.514. The van der Waals surface area contributed by atoms with Crippen LogP contribution in [0.2, 0.25) is 5.15 Å². The van der Waals surface area contributed by atoms with Gasteiger partial charge in [0.05, 0.1) is 12.7 Å². The number of nitrogens with one attached hydrogen (secondary N) is 3. The number of carbonyl (C=O) groups is 2. The standard InChI is InChI=1S/C37H55ClN8O6/c1-3-4-5-8-16-46(22-29(48)32(50)30(49)23-47)17-15-42-36(51)27-13-11-25(12-14-27)19-41-20-26(18-28-10-7-6-9-24(28)2)21-43-37(52)31-34(39)45-35(40)33(38)44-31/h6-7,9-14,26,29-30,32,41,47-50H,3-5,8,15-23H2,1-2H3,(H,42,51)(H,43,52)(H4,39,40,45)/t26-,29+,30-,32-/m1/s1. The van der Waals surface area contributed by atoms with Crippen LogP contribution in [0.15, 0.2) is 48.5 Å². The van der Waals surface area contributed by atoms with Crippen LogP contribution >= 0.6 is 11.6 Å². The summed E-state index contributed by atoms with van der Waals surface area (Å²) in [6.07, 6.45) is 0.651. The highest BCUT2D eigenvalue weighted by Crippen LogP contribution is 2.18. The van der Waals surface area contributed by atoms with E-state index in [0.29, 0.717) is 51.3 Å². The number of benzene rings is 2. The Hall–Kier alpha value is -3.89. The molecule has 0 saturated heterocycles. The lowest BCUT2D eigenvalue weighted by Crippen LogP contribution is -2.47. The van der Waals surface area contributed by atoms with Crippen molar-refractivity contribution in [1.82, 2.24) is 30.8 Å².